The van der Waals surface area contributed by atoms with Crippen LogP contribution >= 0.6 is 0 Å². The first-order valence-corrected chi connectivity index (χ1v) is 6.60. The maximum absolute atomic E-state index is 12.2. The molecule has 7 nitrogen and oxygen atoms in total. The predicted octanol–water partition coefficient (Wildman–Crippen LogP) is 0.0255. The Morgan fingerprint density at radius 1 is 1.24 bits per heavy atom. The molecule has 1 unspecified atom stereocenters. The highest BCUT2D eigenvalue weighted by molar-refractivity contribution is 6.21. The van der Waals surface area contributed by atoms with E-state index in [1.807, 2.05) is 0 Å². The van der Waals surface area contributed by atoms with Crippen LogP contribution in [0.15, 0.2) is 24.3 Å². The van der Waals surface area contributed by atoms with Crippen molar-refractivity contribution < 1.29 is 24.2 Å². The Hall–Kier alpha value is -2.25. The third-order valence-electron chi connectivity index (χ3n) is 3.65. The van der Waals surface area contributed by atoms with Gasteiger partial charge in [0.1, 0.15) is 0 Å². The zero-order valence-electron chi connectivity index (χ0n) is 11.2. The lowest BCUT2D eigenvalue weighted by atomic mass is 10.1. The highest BCUT2D eigenvalue weighted by Crippen LogP contribution is 2.23. The summed E-state index contributed by atoms with van der Waals surface area (Å²) in [7, 11) is 0. The molecule has 21 heavy (non-hydrogen) atoms. The van der Waals surface area contributed by atoms with Crippen LogP contribution in [0, 0.1) is 0 Å². The molecule has 7 heteroatoms. The number of hydrogen-bond donors (Lipinski definition) is 1. The SMILES string of the molecule is O=C(O)C1CN(CN2C(=O)c3ccccc3C2=O)CCO1. The molecule has 2 amide bonds. The maximum atomic E-state index is 12.2. The summed E-state index contributed by atoms with van der Waals surface area (Å²) in [5.74, 6) is -1.72. The first kappa shape index (κ1) is 13.7. The number of rotatable bonds is 3. The van der Waals surface area contributed by atoms with Crippen LogP contribution in [0.3, 0.4) is 0 Å². The quantitative estimate of drug-likeness (QED) is 0.790. The smallest absolute Gasteiger partial charge is 0.334 e. The van der Waals surface area contributed by atoms with E-state index >= 15 is 0 Å². The lowest BCUT2D eigenvalue weighted by Gasteiger charge is -2.32. The Balaban J connectivity index is 1.73. The fraction of sp³-hybridized carbons (Fsp3) is 0.357. The number of aliphatic carboxylic acids is 1. The average Bonchev–Trinajstić information content (AvgIpc) is 2.73. The van der Waals surface area contributed by atoms with Crippen molar-refractivity contribution in [1.82, 2.24) is 9.80 Å². The summed E-state index contributed by atoms with van der Waals surface area (Å²) in [5.41, 5.74) is 0.788. The van der Waals surface area contributed by atoms with Gasteiger partial charge in [-0.05, 0) is 12.1 Å². The van der Waals surface area contributed by atoms with Crippen LogP contribution in [0.1, 0.15) is 20.7 Å². The molecule has 3 rings (SSSR count). The lowest BCUT2D eigenvalue weighted by molar-refractivity contribution is -0.156. The third kappa shape index (κ3) is 2.41. The number of carboxylic acid groups (broad SMARTS) is 1. The van der Waals surface area contributed by atoms with E-state index in [2.05, 4.69) is 0 Å². The van der Waals surface area contributed by atoms with Crippen molar-refractivity contribution in [3.05, 3.63) is 35.4 Å². The number of amides is 2. The van der Waals surface area contributed by atoms with Crippen molar-refractivity contribution in [2.45, 2.75) is 6.10 Å². The number of carbonyl (C=O) groups is 3. The minimum Gasteiger partial charge on any atom is -0.479 e. The Kier molecular flexibility index (Phi) is 3.44. The second-order valence-electron chi connectivity index (χ2n) is 5.00. The molecule has 1 aromatic carbocycles. The summed E-state index contributed by atoms with van der Waals surface area (Å²) in [6.07, 6.45) is -0.922. The molecule has 2 aliphatic rings. The second kappa shape index (κ2) is 5.27. The minimum atomic E-state index is -1.04. The van der Waals surface area contributed by atoms with Crippen LogP contribution < -0.4 is 0 Å². The van der Waals surface area contributed by atoms with Gasteiger partial charge in [0.05, 0.1) is 24.4 Å². The van der Waals surface area contributed by atoms with E-state index < -0.39 is 12.1 Å². The van der Waals surface area contributed by atoms with Crippen LogP contribution in [0.4, 0.5) is 0 Å². The summed E-state index contributed by atoms with van der Waals surface area (Å²) in [6.45, 7) is 0.986. The second-order valence-corrected chi connectivity index (χ2v) is 5.00. The topological polar surface area (TPSA) is 87.2 Å². The van der Waals surface area contributed by atoms with Gasteiger partial charge in [-0.1, -0.05) is 12.1 Å². The van der Waals surface area contributed by atoms with Crippen LogP contribution in [0.2, 0.25) is 0 Å². The number of hydrogen-bond acceptors (Lipinski definition) is 5. The molecule has 0 bridgehead atoms. The summed E-state index contributed by atoms with van der Waals surface area (Å²) >= 11 is 0. The number of imide groups is 1. The van der Waals surface area contributed by atoms with Crippen molar-refractivity contribution in [2.24, 2.45) is 0 Å². The number of carbonyl (C=O) groups excluding carboxylic acids is 2. The maximum Gasteiger partial charge on any atom is 0.334 e. The van der Waals surface area contributed by atoms with Crippen LogP contribution in [-0.4, -0.2) is 65.2 Å². The molecule has 0 aromatic heterocycles. The molecule has 1 aromatic rings. The normalized spacial score (nSPS) is 22.5. The Labute approximate surface area is 120 Å². The van der Waals surface area contributed by atoms with Gasteiger partial charge in [-0.25, -0.2) is 4.79 Å². The van der Waals surface area contributed by atoms with Crippen LogP contribution in [0.5, 0.6) is 0 Å². The Morgan fingerprint density at radius 3 is 2.43 bits per heavy atom. The number of fused-ring (bicyclic) bond motifs is 1. The molecular weight excluding hydrogens is 276 g/mol. The number of nitrogens with zero attached hydrogens (tertiary/aromatic N) is 2. The zero-order chi connectivity index (χ0) is 15.0. The summed E-state index contributed by atoms with van der Waals surface area (Å²) < 4.78 is 5.12. The molecule has 1 atom stereocenters. The largest absolute Gasteiger partial charge is 0.479 e. The summed E-state index contributed by atoms with van der Waals surface area (Å²) in [5, 5.41) is 8.96. The van der Waals surface area contributed by atoms with Gasteiger partial charge in [0.2, 0.25) is 0 Å². The molecule has 1 saturated heterocycles. The molecule has 0 radical (unpaired) electrons. The molecule has 2 aliphatic heterocycles. The first-order chi connectivity index (χ1) is 10.1. The van der Waals surface area contributed by atoms with Gasteiger partial charge in [0, 0.05) is 13.1 Å². The number of ether oxygens (including phenoxy) is 1. The van der Waals surface area contributed by atoms with Gasteiger partial charge >= 0.3 is 5.97 Å². The van der Waals surface area contributed by atoms with E-state index in [9.17, 15) is 14.4 Å². The van der Waals surface area contributed by atoms with Gasteiger partial charge in [0.25, 0.3) is 11.8 Å². The number of benzene rings is 1. The highest BCUT2D eigenvalue weighted by Gasteiger charge is 2.37. The van der Waals surface area contributed by atoms with E-state index in [0.29, 0.717) is 17.7 Å². The van der Waals surface area contributed by atoms with Gasteiger partial charge in [0.15, 0.2) is 6.10 Å². The van der Waals surface area contributed by atoms with Crippen molar-refractivity contribution in [3.8, 4) is 0 Å². The van der Waals surface area contributed by atoms with E-state index in [0.717, 1.165) is 4.90 Å². The molecular formula is C14H14N2O5. The standard InChI is InChI=1S/C14H14N2O5/c17-12-9-3-1-2-4-10(9)13(18)16(12)8-15-5-6-21-11(7-15)14(19)20/h1-4,11H,5-8H2,(H,19,20). The fourth-order valence-corrected chi connectivity index (χ4v) is 2.55. The number of morpholine rings is 1. The first-order valence-electron chi connectivity index (χ1n) is 6.60. The predicted molar refractivity (Wildman–Crippen MR) is 70.8 cm³/mol. The van der Waals surface area contributed by atoms with Crippen LogP contribution in [0.25, 0.3) is 0 Å². The van der Waals surface area contributed by atoms with Gasteiger partial charge < -0.3 is 9.84 Å². The molecule has 2 heterocycles. The Bertz CT molecular complexity index is 580. The zero-order valence-corrected chi connectivity index (χ0v) is 11.2. The molecule has 1 N–H and O–H groups in total. The molecule has 0 aliphatic carbocycles. The fourth-order valence-electron chi connectivity index (χ4n) is 2.55. The molecule has 0 spiro atoms. The van der Waals surface area contributed by atoms with Crippen molar-refractivity contribution in [1.29, 1.82) is 0 Å². The van der Waals surface area contributed by atoms with Crippen molar-refractivity contribution >= 4 is 17.8 Å². The van der Waals surface area contributed by atoms with Crippen molar-refractivity contribution in [3.63, 3.8) is 0 Å². The summed E-state index contributed by atoms with van der Waals surface area (Å²) in [4.78, 5) is 38.3. The molecule has 0 saturated carbocycles. The van der Waals surface area contributed by atoms with E-state index in [-0.39, 0.29) is 31.6 Å². The van der Waals surface area contributed by atoms with Gasteiger partial charge in [-0.3, -0.25) is 19.4 Å². The van der Waals surface area contributed by atoms with Gasteiger partial charge in [-0.15, -0.1) is 0 Å². The number of carboxylic acids is 1. The average molecular weight is 290 g/mol. The van der Waals surface area contributed by atoms with Gasteiger partial charge in [-0.2, -0.15) is 0 Å². The monoisotopic (exact) mass is 290 g/mol. The van der Waals surface area contributed by atoms with E-state index in [4.69, 9.17) is 9.84 Å². The lowest BCUT2D eigenvalue weighted by Crippen LogP contribution is -2.51. The van der Waals surface area contributed by atoms with E-state index in [1.54, 1.807) is 29.2 Å². The minimum absolute atomic E-state index is 0.0828. The third-order valence-corrected chi connectivity index (χ3v) is 3.65. The van der Waals surface area contributed by atoms with E-state index in [1.165, 1.54) is 0 Å². The highest BCUT2D eigenvalue weighted by atomic mass is 16.5. The molecule has 110 valence electrons. The summed E-state index contributed by atoms with van der Waals surface area (Å²) in [6, 6.07) is 6.66. The van der Waals surface area contributed by atoms with Crippen molar-refractivity contribution in [2.75, 3.05) is 26.4 Å². The Morgan fingerprint density at radius 2 is 1.86 bits per heavy atom. The molecule has 1 fully saturated rings. The van der Waals surface area contributed by atoms with Crippen LogP contribution in [-0.2, 0) is 9.53 Å².